The minimum Gasteiger partial charge on any atom is -0.427 e. The van der Waals surface area contributed by atoms with Crippen molar-refractivity contribution in [2.75, 3.05) is 6.54 Å². The molecule has 167 valence electrons. The van der Waals surface area contributed by atoms with Gasteiger partial charge in [-0.2, -0.15) is 0 Å². The third-order valence-electron chi connectivity index (χ3n) is 6.30. The Morgan fingerprint density at radius 3 is 2.14 bits per heavy atom. The zero-order valence-electron chi connectivity index (χ0n) is 19.1. The van der Waals surface area contributed by atoms with E-state index in [0.29, 0.717) is 13.0 Å². The van der Waals surface area contributed by atoms with E-state index in [1.165, 1.54) is 58.8 Å². The fourth-order valence-corrected chi connectivity index (χ4v) is 3.79. The van der Waals surface area contributed by atoms with Gasteiger partial charge in [0.25, 0.3) is 0 Å². The third-order valence-corrected chi connectivity index (χ3v) is 6.30. The van der Waals surface area contributed by atoms with Gasteiger partial charge in [-0.1, -0.05) is 72.1 Å². The van der Waals surface area contributed by atoms with Crippen LogP contribution in [0.3, 0.4) is 0 Å². The molecule has 1 fully saturated rings. The second-order valence-corrected chi connectivity index (χ2v) is 9.28. The average molecular weight is 407 g/mol. The molecule has 0 bridgehead atoms. The van der Waals surface area contributed by atoms with Crippen molar-refractivity contribution in [3.63, 3.8) is 0 Å². The van der Waals surface area contributed by atoms with E-state index >= 15 is 0 Å². The highest BCUT2D eigenvalue weighted by atomic mass is 16.4. The van der Waals surface area contributed by atoms with Gasteiger partial charge in [0, 0.05) is 18.1 Å². The zero-order valence-corrected chi connectivity index (χ0v) is 19.1. The predicted molar refractivity (Wildman–Crippen MR) is 121 cm³/mol. The van der Waals surface area contributed by atoms with Crippen LogP contribution < -0.4 is 11.1 Å². The Bertz CT molecular complexity index is 459. The molecule has 1 atom stereocenters. The molecule has 0 heterocycles. The van der Waals surface area contributed by atoms with Crippen molar-refractivity contribution in [2.24, 2.45) is 11.1 Å². The number of unbranched alkanes of at least 4 members (excludes halogenated alkanes) is 1. The van der Waals surface area contributed by atoms with Gasteiger partial charge in [0.05, 0.1) is 6.04 Å². The molecule has 6 heteroatoms. The van der Waals surface area contributed by atoms with E-state index in [0.717, 1.165) is 32.1 Å². The highest BCUT2D eigenvalue weighted by molar-refractivity contribution is 6.68. The number of amides is 1. The fourth-order valence-electron chi connectivity index (χ4n) is 3.79. The minimum atomic E-state index is -0.410. The van der Waals surface area contributed by atoms with Gasteiger partial charge in [0.2, 0.25) is 5.81 Å². The van der Waals surface area contributed by atoms with Crippen LogP contribution in [0, 0.1) is 5.41 Å². The zero-order chi connectivity index (χ0) is 21.5. The Morgan fingerprint density at radius 1 is 1.03 bits per heavy atom. The predicted octanol–water partition coefficient (Wildman–Crippen LogP) is 5.12. The molecule has 1 aliphatic carbocycles. The summed E-state index contributed by atoms with van der Waals surface area (Å²) in [5.74, 6) is -0.0287. The first-order valence-corrected chi connectivity index (χ1v) is 11.9. The van der Waals surface area contributed by atoms with Crippen molar-refractivity contribution in [1.29, 1.82) is 0 Å². The quantitative estimate of drug-likeness (QED) is 0.368. The van der Waals surface area contributed by atoms with E-state index in [-0.39, 0.29) is 23.1 Å². The molecule has 1 rings (SSSR count). The van der Waals surface area contributed by atoms with E-state index in [1.807, 2.05) is 20.8 Å². The molecular formula is C23H44BN2O3. The van der Waals surface area contributed by atoms with Crippen LogP contribution >= 0.6 is 0 Å². The highest BCUT2D eigenvalue weighted by Gasteiger charge is 2.29. The smallest absolute Gasteiger partial charge is 0.407 e. The lowest BCUT2D eigenvalue weighted by Crippen LogP contribution is -2.40. The standard InChI is InChI=1S/C23H44BN2O3/c1-4-23(2,3)21(27)20(25)17-13-14-18-26-22(28)24-29-19-15-11-9-7-5-6-8-10-12-16-19/h19-20H,4-18,25H2,1-3H3,(H,26,28). The summed E-state index contributed by atoms with van der Waals surface area (Å²) in [6.45, 7) is 6.50. The second kappa shape index (κ2) is 15.0. The summed E-state index contributed by atoms with van der Waals surface area (Å²) in [6.07, 6.45) is 15.6. The number of nitrogens with two attached hydrogens (primary N) is 1. The Kier molecular flexibility index (Phi) is 13.5. The lowest BCUT2D eigenvalue weighted by Gasteiger charge is -2.24. The Morgan fingerprint density at radius 2 is 1.59 bits per heavy atom. The Labute approximate surface area is 179 Å². The van der Waals surface area contributed by atoms with Gasteiger partial charge in [-0.25, -0.2) is 0 Å². The van der Waals surface area contributed by atoms with Crippen molar-refractivity contribution in [2.45, 2.75) is 123 Å². The molecule has 1 saturated carbocycles. The average Bonchev–Trinajstić information content (AvgIpc) is 2.77. The highest BCUT2D eigenvalue weighted by Crippen LogP contribution is 2.23. The van der Waals surface area contributed by atoms with E-state index in [4.69, 9.17) is 10.4 Å². The van der Waals surface area contributed by atoms with Crippen LogP contribution in [0.2, 0.25) is 0 Å². The molecule has 0 aliphatic heterocycles. The molecule has 0 aromatic rings. The summed E-state index contributed by atoms with van der Waals surface area (Å²) in [7, 11) is 1.36. The number of Topliss-reactive ketones (excluding diaryl/α,β-unsaturated/α-hetero) is 1. The molecule has 1 amide bonds. The normalized spacial score (nSPS) is 18.5. The van der Waals surface area contributed by atoms with Crippen LogP contribution in [0.15, 0.2) is 0 Å². The van der Waals surface area contributed by atoms with Crippen LogP contribution in [0.25, 0.3) is 0 Å². The SMILES string of the molecule is CCC(C)(C)C(=O)C(N)CCCCNC(=O)[B]OC1CCCCCCCCCC1. The number of ketones is 1. The summed E-state index contributed by atoms with van der Waals surface area (Å²) in [5.41, 5.74) is 5.69. The summed E-state index contributed by atoms with van der Waals surface area (Å²) >= 11 is 0. The molecule has 0 saturated heterocycles. The van der Waals surface area contributed by atoms with Crippen molar-refractivity contribution < 1.29 is 14.2 Å². The van der Waals surface area contributed by atoms with Crippen molar-refractivity contribution in [3.8, 4) is 0 Å². The Balaban J connectivity index is 2.15. The lowest BCUT2D eigenvalue weighted by atomic mass is 9.81. The van der Waals surface area contributed by atoms with Gasteiger partial charge in [0.15, 0.2) is 5.78 Å². The molecule has 1 radical (unpaired) electrons. The minimum absolute atomic E-state index is 0.132. The number of carbonyl (C=O) groups is 2. The molecular weight excluding hydrogens is 363 g/mol. The number of carbonyl (C=O) groups excluding carboxylic acids is 2. The van der Waals surface area contributed by atoms with Gasteiger partial charge >= 0.3 is 7.48 Å². The fraction of sp³-hybridized carbons (Fsp3) is 0.913. The molecule has 29 heavy (non-hydrogen) atoms. The topological polar surface area (TPSA) is 81.4 Å². The maximum absolute atomic E-state index is 12.3. The van der Waals surface area contributed by atoms with Crippen molar-refractivity contribution in [1.82, 2.24) is 5.32 Å². The van der Waals surface area contributed by atoms with Gasteiger partial charge < -0.3 is 15.7 Å². The molecule has 5 nitrogen and oxygen atoms in total. The van der Waals surface area contributed by atoms with Crippen molar-refractivity contribution in [3.05, 3.63) is 0 Å². The summed E-state index contributed by atoms with van der Waals surface area (Å²) in [6, 6.07) is -0.410. The maximum atomic E-state index is 12.3. The first-order valence-electron chi connectivity index (χ1n) is 11.9. The first-order chi connectivity index (χ1) is 13.9. The lowest BCUT2D eigenvalue weighted by molar-refractivity contribution is -0.128. The van der Waals surface area contributed by atoms with Crippen LogP contribution in [0.4, 0.5) is 4.79 Å². The molecule has 1 aliphatic rings. The first kappa shape index (κ1) is 26.2. The van der Waals surface area contributed by atoms with E-state index in [9.17, 15) is 9.59 Å². The van der Waals surface area contributed by atoms with E-state index in [1.54, 1.807) is 0 Å². The summed E-state index contributed by atoms with van der Waals surface area (Å²) < 4.78 is 5.79. The van der Waals surface area contributed by atoms with Gasteiger partial charge in [0.1, 0.15) is 0 Å². The van der Waals surface area contributed by atoms with Crippen molar-refractivity contribution >= 4 is 19.1 Å². The number of hydrogen-bond donors (Lipinski definition) is 2. The molecule has 0 aromatic heterocycles. The number of hydrogen-bond acceptors (Lipinski definition) is 4. The summed E-state index contributed by atoms with van der Waals surface area (Å²) in [4.78, 5) is 24.3. The molecule has 1 unspecified atom stereocenters. The van der Waals surface area contributed by atoms with Gasteiger partial charge in [-0.15, -0.1) is 0 Å². The monoisotopic (exact) mass is 407 g/mol. The van der Waals surface area contributed by atoms with Crippen LogP contribution in [-0.4, -0.2) is 37.8 Å². The second-order valence-electron chi connectivity index (χ2n) is 9.28. The number of rotatable bonds is 11. The number of nitrogens with one attached hydrogen (secondary N) is 1. The van der Waals surface area contributed by atoms with Crippen LogP contribution in [0.5, 0.6) is 0 Å². The maximum Gasteiger partial charge on any atom is 0.407 e. The molecule has 3 N–H and O–H groups in total. The molecule has 0 spiro atoms. The largest absolute Gasteiger partial charge is 0.427 e. The third kappa shape index (κ3) is 11.8. The summed E-state index contributed by atoms with van der Waals surface area (Å²) in [5, 5.41) is 2.88. The van der Waals surface area contributed by atoms with Crippen LogP contribution in [0.1, 0.15) is 111 Å². The Hall–Kier alpha value is -0.875. The van der Waals surface area contributed by atoms with Gasteiger partial charge in [-0.05, 0) is 38.5 Å². The van der Waals surface area contributed by atoms with E-state index < -0.39 is 6.04 Å². The molecule has 0 aromatic carbocycles. The van der Waals surface area contributed by atoms with E-state index in [2.05, 4.69) is 5.32 Å². The van der Waals surface area contributed by atoms with Gasteiger partial charge in [-0.3, -0.25) is 9.59 Å². The van der Waals surface area contributed by atoms with Crippen LogP contribution in [-0.2, 0) is 9.45 Å².